The van der Waals surface area contributed by atoms with Crippen LogP contribution in [0.25, 0.3) is 0 Å². The number of carbonyl (C=O) groups excluding carboxylic acids is 2. The number of rotatable bonds is 2. The first-order chi connectivity index (χ1) is 11.8. The highest BCUT2D eigenvalue weighted by atomic mass is 16.6. The van der Waals surface area contributed by atoms with Crippen molar-refractivity contribution in [2.24, 2.45) is 5.92 Å². The average molecular weight is 343 g/mol. The Balaban J connectivity index is 1.94. The lowest BCUT2D eigenvalue weighted by Gasteiger charge is -2.34. The standard InChI is InChI=1S/C20H25NO4/c1-13-12-15(16-10-11-17(22)24-16)21(19(23)25-20(2,3)4)18(13)14-8-6-5-7-9-14/h5-11,13,15-16,18H,12H2,1-4H3. The second-order valence-corrected chi connectivity index (χ2v) is 7.78. The summed E-state index contributed by atoms with van der Waals surface area (Å²) in [6.45, 7) is 7.68. The number of carbonyl (C=O) groups is 2. The lowest BCUT2D eigenvalue weighted by Crippen LogP contribution is -2.46. The molecule has 5 nitrogen and oxygen atoms in total. The maximum absolute atomic E-state index is 13.0. The fourth-order valence-electron chi connectivity index (χ4n) is 3.69. The van der Waals surface area contributed by atoms with Crippen molar-refractivity contribution in [2.45, 2.75) is 57.9 Å². The molecular formula is C20H25NO4. The van der Waals surface area contributed by atoms with Gasteiger partial charge in [0, 0.05) is 6.08 Å². The molecule has 0 aliphatic carbocycles. The molecule has 5 heteroatoms. The van der Waals surface area contributed by atoms with Gasteiger partial charge >= 0.3 is 12.1 Å². The first-order valence-electron chi connectivity index (χ1n) is 8.71. The molecule has 2 heterocycles. The summed E-state index contributed by atoms with van der Waals surface area (Å²) in [5.41, 5.74) is 0.480. The third-order valence-corrected chi connectivity index (χ3v) is 4.61. The van der Waals surface area contributed by atoms with E-state index in [4.69, 9.17) is 9.47 Å². The van der Waals surface area contributed by atoms with Crippen molar-refractivity contribution < 1.29 is 19.1 Å². The molecule has 25 heavy (non-hydrogen) atoms. The van der Waals surface area contributed by atoms with Gasteiger partial charge in [-0.2, -0.15) is 0 Å². The normalized spacial score (nSPS) is 29.0. The maximum atomic E-state index is 13.0. The molecule has 0 aromatic heterocycles. The van der Waals surface area contributed by atoms with Gasteiger partial charge in [-0.1, -0.05) is 37.3 Å². The van der Waals surface area contributed by atoms with Crippen LogP contribution in [-0.4, -0.2) is 34.7 Å². The molecule has 0 radical (unpaired) electrons. The van der Waals surface area contributed by atoms with Gasteiger partial charge in [0.15, 0.2) is 0 Å². The summed E-state index contributed by atoms with van der Waals surface area (Å²) in [6, 6.07) is 9.62. The summed E-state index contributed by atoms with van der Waals surface area (Å²) >= 11 is 0. The van der Waals surface area contributed by atoms with Gasteiger partial charge in [0.1, 0.15) is 11.7 Å². The van der Waals surface area contributed by atoms with E-state index in [-0.39, 0.29) is 30.1 Å². The zero-order chi connectivity index (χ0) is 18.2. The van der Waals surface area contributed by atoms with Crippen molar-refractivity contribution in [3.63, 3.8) is 0 Å². The van der Waals surface area contributed by atoms with Crippen LogP contribution in [0.2, 0.25) is 0 Å². The average Bonchev–Trinajstić information content (AvgIpc) is 3.09. The predicted octanol–water partition coefficient (Wildman–Crippen LogP) is 3.85. The molecule has 1 aromatic carbocycles. The van der Waals surface area contributed by atoms with Crippen molar-refractivity contribution in [1.82, 2.24) is 4.90 Å². The molecule has 4 unspecified atom stereocenters. The SMILES string of the molecule is CC1CC(C2C=CC(=O)O2)N(C(=O)OC(C)(C)C)C1c1ccccc1. The molecule has 1 fully saturated rings. The first kappa shape index (κ1) is 17.5. The van der Waals surface area contributed by atoms with Crippen LogP contribution >= 0.6 is 0 Å². The summed E-state index contributed by atoms with van der Waals surface area (Å²) in [7, 11) is 0. The molecule has 0 N–H and O–H groups in total. The number of likely N-dealkylation sites (tertiary alicyclic amines) is 1. The van der Waals surface area contributed by atoms with Gasteiger partial charge in [-0.25, -0.2) is 9.59 Å². The fourth-order valence-corrected chi connectivity index (χ4v) is 3.69. The Bertz CT molecular complexity index is 677. The van der Waals surface area contributed by atoms with Crippen LogP contribution in [-0.2, 0) is 14.3 Å². The minimum atomic E-state index is -0.586. The highest BCUT2D eigenvalue weighted by molar-refractivity contribution is 5.84. The Labute approximate surface area is 148 Å². The zero-order valence-corrected chi connectivity index (χ0v) is 15.1. The fraction of sp³-hybridized carbons (Fsp3) is 0.500. The molecule has 1 saturated heterocycles. The smallest absolute Gasteiger partial charge is 0.411 e. The van der Waals surface area contributed by atoms with E-state index in [9.17, 15) is 9.59 Å². The molecule has 1 aromatic rings. The summed E-state index contributed by atoms with van der Waals surface area (Å²) in [4.78, 5) is 26.2. The van der Waals surface area contributed by atoms with E-state index in [2.05, 4.69) is 6.92 Å². The Morgan fingerprint density at radius 1 is 1.24 bits per heavy atom. The van der Waals surface area contributed by atoms with E-state index >= 15 is 0 Å². The van der Waals surface area contributed by atoms with E-state index in [1.807, 2.05) is 51.1 Å². The van der Waals surface area contributed by atoms with E-state index in [1.54, 1.807) is 11.0 Å². The van der Waals surface area contributed by atoms with E-state index < -0.39 is 11.7 Å². The second-order valence-electron chi connectivity index (χ2n) is 7.78. The number of esters is 1. The lowest BCUT2D eigenvalue weighted by molar-refractivity contribution is -0.140. The van der Waals surface area contributed by atoms with Crippen molar-refractivity contribution in [1.29, 1.82) is 0 Å². The van der Waals surface area contributed by atoms with E-state index in [0.717, 1.165) is 12.0 Å². The quantitative estimate of drug-likeness (QED) is 0.765. The van der Waals surface area contributed by atoms with E-state index in [1.165, 1.54) is 6.08 Å². The number of nitrogens with zero attached hydrogens (tertiary/aromatic N) is 1. The van der Waals surface area contributed by atoms with Crippen molar-refractivity contribution in [3.8, 4) is 0 Å². The molecular weight excluding hydrogens is 318 g/mol. The monoisotopic (exact) mass is 343 g/mol. The summed E-state index contributed by atoms with van der Waals surface area (Å²) in [5, 5.41) is 0. The van der Waals surface area contributed by atoms with Crippen LogP contribution in [0.15, 0.2) is 42.5 Å². The largest absolute Gasteiger partial charge is 0.453 e. The lowest BCUT2D eigenvalue weighted by atomic mass is 9.94. The van der Waals surface area contributed by atoms with Crippen LogP contribution in [0.3, 0.4) is 0 Å². The number of amides is 1. The molecule has 0 saturated carbocycles. The van der Waals surface area contributed by atoms with Gasteiger partial charge in [-0.15, -0.1) is 0 Å². The van der Waals surface area contributed by atoms with Crippen LogP contribution < -0.4 is 0 Å². The first-order valence-corrected chi connectivity index (χ1v) is 8.71. The van der Waals surface area contributed by atoms with Crippen LogP contribution in [0, 0.1) is 5.92 Å². The molecule has 134 valence electrons. The van der Waals surface area contributed by atoms with Crippen LogP contribution in [0.4, 0.5) is 4.79 Å². The Kier molecular flexibility index (Phi) is 4.58. The Morgan fingerprint density at radius 2 is 1.92 bits per heavy atom. The van der Waals surface area contributed by atoms with Gasteiger partial charge in [0.05, 0.1) is 12.1 Å². The third-order valence-electron chi connectivity index (χ3n) is 4.61. The zero-order valence-electron chi connectivity index (χ0n) is 15.1. The maximum Gasteiger partial charge on any atom is 0.411 e. The molecule has 0 bridgehead atoms. The Morgan fingerprint density at radius 3 is 2.48 bits per heavy atom. The minimum absolute atomic E-state index is 0.103. The van der Waals surface area contributed by atoms with Gasteiger partial charge in [0.2, 0.25) is 0 Å². The third kappa shape index (κ3) is 3.70. The highest BCUT2D eigenvalue weighted by Gasteiger charge is 2.48. The minimum Gasteiger partial charge on any atom is -0.453 e. The molecule has 0 spiro atoms. The van der Waals surface area contributed by atoms with Gasteiger partial charge < -0.3 is 9.47 Å². The number of hydrogen-bond acceptors (Lipinski definition) is 4. The van der Waals surface area contributed by atoms with E-state index in [0.29, 0.717) is 0 Å². The highest BCUT2D eigenvalue weighted by Crippen LogP contribution is 2.43. The molecule has 2 aliphatic heterocycles. The molecule has 4 atom stereocenters. The van der Waals surface area contributed by atoms with Crippen LogP contribution in [0.1, 0.15) is 45.7 Å². The van der Waals surface area contributed by atoms with Crippen LogP contribution in [0.5, 0.6) is 0 Å². The predicted molar refractivity (Wildman–Crippen MR) is 93.8 cm³/mol. The van der Waals surface area contributed by atoms with Crippen molar-refractivity contribution >= 4 is 12.1 Å². The number of hydrogen-bond donors (Lipinski definition) is 0. The molecule has 1 amide bonds. The molecule has 3 rings (SSSR count). The number of ether oxygens (including phenoxy) is 2. The summed E-state index contributed by atoms with van der Waals surface area (Å²) in [5.74, 6) is -0.127. The summed E-state index contributed by atoms with van der Waals surface area (Å²) < 4.78 is 11.0. The number of cyclic esters (lactones) is 1. The van der Waals surface area contributed by atoms with Gasteiger partial charge in [-0.05, 0) is 44.7 Å². The summed E-state index contributed by atoms with van der Waals surface area (Å²) in [6.07, 6.45) is 3.13. The number of benzene rings is 1. The van der Waals surface area contributed by atoms with Crippen molar-refractivity contribution in [3.05, 3.63) is 48.0 Å². The second kappa shape index (κ2) is 6.54. The Hall–Kier alpha value is -2.30. The topological polar surface area (TPSA) is 55.8 Å². The van der Waals surface area contributed by atoms with Gasteiger partial charge in [0.25, 0.3) is 0 Å². The van der Waals surface area contributed by atoms with Gasteiger partial charge in [-0.3, -0.25) is 4.90 Å². The molecule has 2 aliphatic rings. The van der Waals surface area contributed by atoms with Crippen molar-refractivity contribution in [2.75, 3.05) is 0 Å².